The number of hydrogen-bond acceptors (Lipinski definition) is 2. The van der Waals surface area contributed by atoms with Gasteiger partial charge in [-0.05, 0) is 35.4 Å². The lowest BCUT2D eigenvalue weighted by molar-refractivity contribution is 0.343. The molecule has 0 aromatic heterocycles. The van der Waals surface area contributed by atoms with Gasteiger partial charge in [0.05, 0.1) is 15.9 Å². The van der Waals surface area contributed by atoms with Crippen molar-refractivity contribution in [1.82, 2.24) is 0 Å². The van der Waals surface area contributed by atoms with E-state index in [2.05, 4.69) is 13.8 Å². The van der Waals surface area contributed by atoms with Gasteiger partial charge in [0.2, 0.25) is 0 Å². The highest BCUT2D eigenvalue weighted by molar-refractivity contribution is 14.1. The second-order valence-corrected chi connectivity index (χ2v) is 7.17. The molecule has 0 saturated heterocycles. The zero-order chi connectivity index (χ0) is 17.0. The van der Waals surface area contributed by atoms with Crippen molar-refractivity contribution in [1.29, 1.82) is 0 Å². The molecule has 0 unspecified atom stereocenters. The molecule has 2 aromatic rings. The van der Waals surface area contributed by atoms with Crippen molar-refractivity contribution in [3.05, 3.63) is 57.6 Å². The van der Waals surface area contributed by atoms with Crippen molar-refractivity contribution in [2.24, 2.45) is 0 Å². The largest absolute Gasteiger partial charge is 0.489 e. The lowest BCUT2D eigenvalue weighted by Crippen LogP contribution is -2.19. The van der Waals surface area contributed by atoms with E-state index in [9.17, 15) is 0 Å². The van der Waals surface area contributed by atoms with E-state index in [-0.39, 0.29) is 5.41 Å². The smallest absolute Gasteiger partial charge is 0.192 e. The van der Waals surface area contributed by atoms with Crippen LogP contribution >= 0.6 is 57.8 Å². The Balaban J connectivity index is 2.38. The molecule has 0 bridgehead atoms. The summed E-state index contributed by atoms with van der Waals surface area (Å²) in [6.07, 6.45) is 0. The van der Waals surface area contributed by atoms with Crippen molar-refractivity contribution in [2.75, 3.05) is 12.5 Å². The third kappa shape index (κ3) is 4.38. The van der Waals surface area contributed by atoms with E-state index in [1.54, 1.807) is 0 Å². The fraction of sp³-hybridized carbons (Fsp3) is 0.294. The van der Waals surface area contributed by atoms with Crippen LogP contribution in [0.4, 0.5) is 0 Å². The summed E-state index contributed by atoms with van der Waals surface area (Å²) in [6, 6.07) is 11.7. The van der Waals surface area contributed by atoms with Gasteiger partial charge in [-0.3, -0.25) is 0 Å². The Labute approximate surface area is 165 Å². The molecule has 23 heavy (non-hydrogen) atoms. The number of rotatable bonds is 6. The first-order valence-corrected chi connectivity index (χ1v) is 9.14. The molecule has 0 saturated carbocycles. The average molecular weight is 486 g/mol. The van der Waals surface area contributed by atoms with Gasteiger partial charge in [-0.2, -0.15) is 0 Å². The SMILES string of the molecule is CC(C)(c1ccc(OI)cc1)c1cc(Cl)c(OCCCl)c(Cl)c1. The minimum Gasteiger partial charge on any atom is -0.489 e. The van der Waals surface area contributed by atoms with E-state index < -0.39 is 0 Å². The maximum atomic E-state index is 6.34. The highest BCUT2D eigenvalue weighted by Crippen LogP contribution is 2.40. The molecule has 0 fully saturated rings. The van der Waals surface area contributed by atoms with Crippen molar-refractivity contribution in [2.45, 2.75) is 19.3 Å². The Bertz CT molecular complexity index is 649. The zero-order valence-corrected chi connectivity index (χ0v) is 17.1. The molecule has 0 atom stereocenters. The molecule has 0 aliphatic carbocycles. The van der Waals surface area contributed by atoms with Crippen LogP contribution in [-0.4, -0.2) is 12.5 Å². The summed E-state index contributed by atoms with van der Waals surface area (Å²) >= 11 is 20.2. The monoisotopic (exact) mass is 484 g/mol. The Morgan fingerprint density at radius 2 is 1.57 bits per heavy atom. The Kier molecular flexibility index (Phi) is 6.72. The van der Waals surface area contributed by atoms with Crippen LogP contribution in [0.5, 0.6) is 11.5 Å². The summed E-state index contributed by atoms with van der Waals surface area (Å²) in [5, 5.41) is 0.968. The molecule has 0 aliphatic heterocycles. The minimum absolute atomic E-state index is 0.262. The Hall–Kier alpha value is -0.360. The molecule has 6 heteroatoms. The van der Waals surface area contributed by atoms with Crippen LogP contribution in [0.3, 0.4) is 0 Å². The Morgan fingerprint density at radius 3 is 2.04 bits per heavy atom. The van der Waals surface area contributed by atoms with Gasteiger partial charge < -0.3 is 7.80 Å². The van der Waals surface area contributed by atoms with E-state index in [0.29, 0.717) is 28.3 Å². The van der Waals surface area contributed by atoms with Crippen LogP contribution in [0.25, 0.3) is 0 Å². The molecule has 0 spiro atoms. The van der Waals surface area contributed by atoms with Gasteiger partial charge in [0, 0.05) is 5.41 Å². The van der Waals surface area contributed by atoms with Gasteiger partial charge in [-0.15, -0.1) is 11.6 Å². The van der Waals surface area contributed by atoms with Gasteiger partial charge in [0.15, 0.2) is 28.8 Å². The lowest BCUT2D eigenvalue weighted by Gasteiger charge is -2.27. The van der Waals surface area contributed by atoms with E-state index in [1.165, 1.54) is 0 Å². The van der Waals surface area contributed by atoms with Crippen molar-refractivity contribution >= 4 is 57.8 Å². The molecular formula is C17H16Cl3IO2. The maximum absolute atomic E-state index is 6.34. The zero-order valence-electron chi connectivity index (χ0n) is 12.7. The lowest BCUT2D eigenvalue weighted by atomic mass is 9.78. The standard InChI is InChI=1S/C17H16Cl3IO2/c1-17(2,11-3-5-13(23-21)6-4-11)12-9-14(19)16(15(20)10-12)22-8-7-18/h3-6,9-10H,7-8H2,1-2H3. The second-order valence-electron chi connectivity index (χ2n) is 5.53. The van der Waals surface area contributed by atoms with Crippen LogP contribution in [0.2, 0.25) is 10.0 Å². The molecule has 0 N–H and O–H groups in total. The molecule has 0 aliphatic rings. The third-order valence-electron chi connectivity index (χ3n) is 3.71. The predicted octanol–water partition coefficient (Wildman–Crippen LogP) is 6.67. The van der Waals surface area contributed by atoms with Crippen LogP contribution in [0, 0.1) is 0 Å². The maximum Gasteiger partial charge on any atom is 0.192 e. The van der Waals surface area contributed by atoms with Crippen LogP contribution in [0.15, 0.2) is 36.4 Å². The topological polar surface area (TPSA) is 18.5 Å². The van der Waals surface area contributed by atoms with Crippen LogP contribution < -0.4 is 7.80 Å². The third-order valence-corrected chi connectivity index (χ3v) is 4.93. The first-order valence-electron chi connectivity index (χ1n) is 6.97. The minimum atomic E-state index is -0.262. The van der Waals surface area contributed by atoms with Gasteiger partial charge >= 0.3 is 0 Å². The number of ether oxygens (including phenoxy) is 1. The fourth-order valence-electron chi connectivity index (χ4n) is 2.29. The summed E-state index contributed by atoms with van der Waals surface area (Å²) in [4.78, 5) is 0. The van der Waals surface area contributed by atoms with E-state index in [1.807, 2.05) is 59.4 Å². The van der Waals surface area contributed by atoms with Gasteiger partial charge in [-0.25, -0.2) is 0 Å². The molecule has 2 nitrogen and oxygen atoms in total. The molecular weight excluding hydrogens is 469 g/mol. The molecule has 0 amide bonds. The number of benzene rings is 2. The highest BCUT2D eigenvalue weighted by atomic mass is 127. The van der Waals surface area contributed by atoms with Gasteiger partial charge in [0.1, 0.15) is 12.4 Å². The van der Waals surface area contributed by atoms with Crippen LogP contribution in [-0.2, 0) is 5.41 Å². The first-order chi connectivity index (χ1) is 10.9. The molecule has 2 aromatic carbocycles. The second kappa shape index (κ2) is 8.15. The molecule has 0 radical (unpaired) electrons. The molecule has 124 valence electrons. The fourth-order valence-corrected chi connectivity index (χ4v) is 3.26. The van der Waals surface area contributed by atoms with E-state index in [4.69, 9.17) is 42.6 Å². The van der Waals surface area contributed by atoms with E-state index in [0.717, 1.165) is 16.9 Å². The highest BCUT2D eigenvalue weighted by Gasteiger charge is 2.25. The van der Waals surface area contributed by atoms with Crippen molar-refractivity contribution < 1.29 is 7.80 Å². The van der Waals surface area contributed by atoms with Crippen molar-refractivity contribution in [3.63, 3.8) is 0 Å². The van der Waals surface area contributed by atoms with Crippen molar-refractivity contribution in [3.8, 4) is 11.5 Å². The number of halogens is 4. The first kappa shape index (κ1) is 19.0. The predicted molar refractivity (Wildman–Crippen MR) is 106 cm³/mol. The summed E-state index contributed by atoms with van der Waals surface area (Å²) in [5.74, 6) is 1.67. The quantitative estimate of drug-likeness (QED) is 0.336. The summed E-state index contributed by atoms with van der Waals surface area (Å²) in [7, 11) is 0. The van der Waals surface area contributed by atoms with Gasteiger partial charge in [0.25, 0.3) is 0 Å². The van der Waals surface area contributed by atoms with E-state index >= 15 is 0 Å². The number of alkyl halides is 1. The molecule has 2 rings (SSSR count). The Morgan fingerprint density at radius 1 is 1.00 bits per heavy atom. The summed E-state index contributed by atoms with van der Waals surface area (Å²) in [5.41, 5.74) is 1.88. The van der Waals surface area contributed by atoms with Crippen LogP contribution in [0.1, 0.15) is 25.0 Å². The summed E-state index contributed by atoms with van der Waals surface area (Å²) in [6.45, 7) is 4.60. The molecule has 0 heterocycles. The normalized spacial score (nSPS) is 11.4. The summed E-state index contributed by atoms with van der Waals surface area (Å²) < 4.78 is 10.7. The van der Waals surface area contributed by atoms with Gasteiger partial charge in [-0.1, -0.05) is 49.2 Å². The number of hydrogen-bond donors (Lipinski definition) is 0. The average Bonchev–Trinajstić information content (AvgIpc) is 2.54.